The van der Waals surface area contributed by atoms with Crippen LogP contribution in [0, 0.1) is 0 Å². The van der Waals surface area contributed by atoms with Gasteiger partial charge in [-0.2, -0.15) is 0 Å². The highest BCUT2D eigenvalue weighted by Crippen LogP contribution is 2.24. The van der Waals surface area contributed by atoms with Crippen molar-refractivity contribution in [3.63, 3.8) is 0 Å². The quantitative estimate of drug-likeness (QED) is 0.758. The summed E-state index contributed by atoms with van der Waals surface area (Å²) >= 11 is 1.67. The average Bonchev–Trinajstić information content (AvgIpc) is 2.73. The van der Waals surface area contributed by atoms with Crippen LogP contribution < -0.4 is 11.1 Å². The highest BCUT2D eigenvalue weighted by atomic mass is 32.1. The third kappa shape index (κ3) is 2.43. The van der Waals surface area contributed by atoms with Crippen molar-refractivity contribution in [3.8, 4) is 0 Å². The first kappa shape index (κ1) is 10.3. The Hall–Kier alpha value is -1.20. The molecule has 0 unspecified atom stereocenters. The van der Waals surface area contributed by atoms with E-state index in [1.165, 1.54) is 0 Å². The van der Waals surface area contributed by atoms with Crippen LogP contribution in [0.25, 0.3) is 10.2 Å². The van der Waals surface area contributed by atoms with Crippen LogP contribution in [0.15, 0.2) is 17.8 Å². The largest absolute Gasteiger partial charge is 0.369 e. The number of hydrogen-bond donors (Lipinski definition) is 2. The number of nitrogens with one attached hydrogen (secondary N) is 1. The Balaban J connectivity index is 2.04. The Morgan fingerprint density at radius 3 is 3.13 bits per heavy atom. The molecule has 0 aliphatic rings. The molecule has 0 spiro atoms. The zero-order valence-electron chi connectivity index (χ0n) is 8.44. The summed E-state index contributed by atoms with van der Waals surface area (Å²) in [5, 5.41) is 5.34. The summed E-state index contributed by atoms with van der Waals surface area (Å²) in [5.74, 6) is 0.937. The van der Waals surface area contributed by atoms with Crippen LogP contribution in [0.5, 0.6) is 0 Å². The van der Waals surface area contributed by atoms with E-state index in [1.807, 2.05) is 11.4 Å². The summed E-state index contributed by atoms with van der Waals surface area (Å²) in [7, 11) is 0. The molecule has 15 heavy (non-hydrogen) atoms. The summed E-state index contributed by atoms with van der Waals surface area (Å²) < 4.78 is 1.13. The van der Waals surface area contributed by atoms with E-state index in [4.69, 9.17) is 5.73 Å². The Bertz CT molecular complexity index is 426. The normalized spacial score (nSPS) is 10.7. The fourth-order valence-corrected chi connectivity index (χ4v) is 2.20. The summed E-state index contributed by atoms with van der Waals surface area (Å²) in [6.07, 6.45) is 3.72. The number of anilines is 1. The topological polar surface area (TPSA) is 63.8 Å². The second kappa shape index (κ2) is 5.04. The summed E-state index contributed by atoms with van der Waals surface area (Å²) in [6.45, 7) is 1.67. The molecule has 2 aromatic rings. The SMILES string of the molecule is NCCCCNc1ncnc2ccsc12. The van der Waals surface area contributed by atoms with Crippen molar-refractivity contribution in [1.82, 2.24) is 9.97 Å². The summed E-state index contributed by atoms with van der Waals surface area (Å²) in [5.41, 5.74) is 6.44. The number of nitrogens with zero attached hydrogens (tertiary/aromatic N) is 2. The molecule has 0 radical (unpaired) electrons. The highest BCUT2D eigenvalue weighted by molar-refractivity contribution is 7.17. The molecule has 5 heteroatoms. The lowest BCUT2D eigenvalue weighted by atomic mass is 10.3. The number of rotatable bonds is 5. The van der Waals surface area contributed by atoms with Crippen LogP contribution in [0.2, 0.25) is 0 Å². The van der Waals surface area contributed by atoms with E-state index < -0.39 is 0 Å². The lowest BCUT2D eigenvalue weighted by molar-refractivity contribution is 0.773. The predicted octanol–water partition coefficient (Wildman–Crippen LogP) is 1.84. The third-order valence-corrected chi connectivity index (χ3v) is 3.08. The number of hydrogen-bond acceptors (Lipinski definition) is 5. The molecule has 0 amide bonds. The number of thiophene rings is 1. The Morgan fingerprint density at radius 1 is 1.33 bits per heavy atom. The number of nitrogens with two attached hydrogens (primary N) is 1. The molecule has 0 saturated heterocycles. The first-order valence-corrected chi connectivity index (χ1v) is 5.92. The third-order valence-electron chi connectivity index (χ3n) is 2.17. The van der Waals surface area contributed by atoms with Gasteiger partial charge in [-0.25, -0.2) is 9.97 Å². The minimum absolute atomic E-state index is 0.750. The molecule has 0 fully saturated rings. The van der Waals surface area contributed by atoms with Crippen molar-refractivity contribution in [2.24, 2.45) is 5.73 Å². The first-order chi connectivity index (χ1) is 7.42. The van der Waals surface area contributed by atoms with Crippen molar-refractivity contribution in [1.29, 1.82) is 0 Å². The van der Waals surface area contributed by atoms with E-state index in [0.29, 0.717) is 0 Å². The van der Waals surface area contributed by atoms with Crippen LogP contribution in [-0.2, 0) is 0 Å². The molecular formula is C10H14N4S. The van der Waals surface area contributed by atoms with Gasteiger partial charge in [0.25, 0.3) is 0 Å². The van der Waals surface area contributed by atoms with Gasteiger partial charge >= 0.3 is 0 Å². The van der Waals surface area contributed by atoms with E-state index in [1.54, 1.807) is 17.7 Å². The van der Waals surface area contributed by atoms with Crippen LogP contribution in [0.1, 0.15) is 12.8 Å². The zero-order chi connectivity index (χ0) is 10.5. The number of aromatic nitrogens is 2. The van der Waals surface area contributed by atoms with Crippen LogP contribution in [-0.4, -0.2) is 23.1 Å². The Morgan fingerprint density at radius 2 is 2.27 bits per heavy atom. The lowest BCUT2D eigenvalue weighted by Gasteiger charge is -2.04. The number of unbranched alkanes of at least 4 members (excludes halogenated alkanes) is 1. The van der Waals surface area contributed by atoms with Gasteiger partial charge in [-0.3, -0.25) is 0 Å². The molecule has 4 nitrogen and oxygen atoms in total. The fourth-order valence-electron chi connectivity index (χ4n) is 1.39. The maximum atomic E-state index is 5.43. The van der Waals surface area contributed by atoms with Gasteiger partial charge < -0.3 is 11.1 Å². The van der Waals surface area contributed by atoms with Gasteiger partial charge in [-0.05, 0) is 30.8 Å². The Kier molecular flexibility index (Phi) is 3.47. The lowest BCUT2D eigenvalue weighted by Crippen LogP contribution is -2.06. The van der Waals surface area contributed by atoms with E-state index >= 15 is 0 Å². The van der Waals surface area contributed by atoms with E-state index in [0.717, 1.165) is 42.0 Å². The molecule has 2 aromatic heterocycles. The molecule has 80 valence electrons. The van der Waals surface area contributed by atoms with Gasteiger partial charge in [0, 0.05) is 6.54 Å². The molecule has 0 saturated carbocycles. The van der Waals surface area contributed by atoms with E-state index in [9.17, 15) is 0 Å². The number of fused-ring (bicyclic) bond motifs is 1. The summed E-state index contributed by atoms with van der Waals surface area (Å²) in [6, 6.07) is 2.01. The maximum absolute atomic E-state index is 5.43. The van der Waals surface area contributed by atoms with Crippen molar-refractivity contribution in [3.05, 3.63) is 17.8 Å². The minimum atomic E-state index is 0.750. The second-order valence-electron chi connectivity index (χ2n) is 3.28. The van der Waals surface area contributed by atoms with Gasteiger partial charge in [-0.1, -0.05) is 0 Å². The monoisotopic (exact) mass is 222 g/mol. The van der Waals surface area contributed by atoms with E-state index in [-0.39, 0.29) is 0 Å². The molecular weight excluding hydrogens is 208 g/mol. The van der Waals surface area contributed by atoms with E-state index in [2.05, 4.69) is 15.3 Å². The molecule has 2 heterocycles. The van der Waals surface area contributed by atoms with Gasteiger partial charge in [0.2, 0.25) is 0 Å². The summed E-state index contributed by atoms with van der Waals surface area (Å²) in [4.78, 5) is 8.42. The van der Waals surface area contributed by atoms with Gasteiger partial charge in [0.1, 0.15) is 12.1 Å². The molecule has 0 atom stereocenters. The highest BCUT2D eigenvalue weighted by Gasteiger charge is 2.03. The van der Waals surface area contributed by atoms with Gasteiger partial charge in [0.15, 0.2) is 0 Å². The zero-order valence-corrected chi connectivity index (χ0v) is 9.26. The average molecular weight is 222 g/mol. The molecule has 3 N–H and O–H groups in total. The smallest absolute Gasteiger partial charge is 0.147 e. The van der Waals surface area contributed by atoms with Gasteiger partial charge in [0.05, 0.1) is 10.2 Å². The van der Waals surface area contributed by atoms with Crippen molar-refractivity contribution >= 4 is 27.4 Å². The minimum Gasteiger partial charge on any atom is -0.369 e. The fraction of sp³-hybridized carbons (Fsp3) is 0.400. The van der Waals surface area contributed by atoms with Crippen molar-refractivity contribution in [2.45, 2.75) is 12.8 Å². The van der Waals surface area contributed by atoms with Crippen LogP contribution in [0.4, 0.5) is 5.82 Å². The molecule has 0 bridgehead atoms. The molecule has 0 aromatic carbocycles. The first-order valence-electron chi connectivity index (χ1n) is 5.04. The standard InChI is InChI=1S/C10H14N4S/c11-4-1-2-5-12-10-9-8(3-6-15-9)13-7-14-10/h3,6-7H,1-2,4-5,11H2,(H,12,13,14). The maximum Gasteiger partial charge on any atom is 0.147 e. The Labute approximate surface area is 92.5 Å². The molecule has 0 aliphatic heterocycles. The van der Waals surface area contributed by atoms with Crippen molar-refractivity contribution < 1.29 is 0 Å². The molecule has 2 rings (SSSR count). The second-order valence-corrected chi connectivity index (χ2v) is 4.20. The van der Waals surface area contributed by atoms with Crippen molar-refractivity contribution in [2.75, 3.05) is 18.4 Å². The van der Waals surface area contributed by atoms with Crippen LogP contribution >= 0.6 is 11.3 Å². The molecule has 0 aliphatic carbocycles. The van der Waals surface area contributed by atoms with Gasteiger partial charge in [-0.15, -0.1) is 11.3 Å². The van der Waals surface area contributed by atoms with Crippen LogP contribution in [0.3, 0.4) is 0 Å². The predicted molar refractivity (Wildman–Crippen MR) is 64.2 cm³/mol.